The lowest BCUT2D eigenvalue weighted by Crippen LogP contribution is -3.39. The molecule has 0 aromatic heterocycles. The zero-order chi connectivity index (χ0) is 11.2. The van der Waals surface area contributed by atoms with Gasteiger partial charge in [-0.05, 0) is 12.2 Å². The molecule has 0 amide bonds. The molecule has 0 spiro atoms. The van der Waals surface area contributed by atoms with Gasteiger partial charge in [0.05, 0.1) is 16.1 Å². The Morgan fingerprint density at radius 1 is 1.29 bits per heavy atom. The zero-order valence-electron chi connectivity index (χ0n) is 6.70. The lowest BCUT2D eigenvalue weighted by Gasteiger charge is -1.95. The zero-order valence-corrected chi connectivity index (χ0v) is 9.85. The molecule has 1 unspecified atom stereocenters. The van der Waals surface area contributed by atoms with E-state index >= 15 is 0 Å². The number of hydrogen-bond acceptors (Lipinski definition) is 1. The summed E-state index contributed by atoms with van der Waals surface area (Å²) in [5.41, 5.74) is 0. The Kier molecular flexibility index (Phi) is 6.33. The molecule has 1 aliphatic rings. The van der Waals surface area contributed by atoms with Crippen molar-refractivity contribution >= 4 is 23.4 Å². The largest absolute Gasteiger partial charge is 0.673 e. The van der Waals surface area contributed by atoms with Crippen molar-refractivity contribution in [2.45, 2.75) is 3.92 Å². The predicted octanol–water partition coefficient (Wildman–Crippen LogP) is -1.55. The molecule has 1 atom stereocenters. The van der Waals surface area contributed by atoms with Crippen LogP contribution in [0.15, 0.2) is 24.3 Å². The van der Waals surface area contributed by atoms with Crippen LogP contribution in [0.4, 0.5) is 17.3 Å². The van der Waals surface area contributed by atoms with Crippen molar-refractivity contribution < 1.29 is 44.1 Å². The first kappa shape index (κ1) is 13.9. The molecule has 0 heterocycles. The van der Waals surface area contributed by atoms with Crippen LogP contribution in [0.25, 0.3) is 0 Å². The summed E-state index contributed by atoms with van der Waals surface area (Å²) in [6.45, 7) is 0. The molecule has 1 nitrogen and oxygen atoms in total. The molecule has 0 aromatic rings. The van der Waals surface area contributed by atoms with E-state index in [1.54, 1.807) is 0 Å². The van der Waals surface area contributed by atoms with Gasteiger partial charge in [-0.25, -0.2) is 4.21 Å². The van der Waals surface area contributed by atoms with Gasteiger partial charge >= 0.3 is 7.25 Å². The topological polar surface area (TPSA) is 17.1 Å². The van der Waals surface area contributed by atoms with E-state index < -0.39 is 7.25 Å². The molecule has 0 aromatic carbocycles. The van der Waals surface area contributed by atoms with Crippen molar-refractivity contribution in [2.24, 2.45) is 0 Å². The minimum atomic E-state index is -6.00. The van der Waals surface area contributed by atoms with E-state index in [1.807, 2.05) is 46.9 Å². The molecule has 14 heavy (non-hydrogen) atoms. The molecule has 0 saturated carbocycles. The maximum atomic E-state index is 10.3. The van der Waals surface area contributed by atoms with Gasteiger partial charge in [0, 0.05) is 0 Å². The standard InChI is InChI=1S/C6H6IOS.BF4/c7-5-3-1-2-4-6(5)9-8;2-1(3,4)5/h1-5,7H;/q+1;-1. The van der Waals surface area contributed by atoms with Crippen LogP contribution >= 0.6 is 0 Å². The number of halogens is 5. The van der Waals surface area contributed by atoms with Crippen LogP contribution in [0, 0.1) is 0 Å². The van der Waals surface area contributed by atoms with Gasteiger partial charge in [0.1, 0.15) is 0 Å². The van der Waals surface area contributed by atoms with E-state index in [1.165, 1.54) is 0 Å². The molecule has 1 aliphatic carbocycles. The second kappa shape index (κ2) is 6.38. The minimum absolute atomic E-state index is 0.327. The highest BCUT2D eigenvalue weighted by molar-refractivity contribution is 7.67. The molecule has 0 bridgehead atoms. The van der Waals surface area contributed by atoms with Crippen molar-refractivity contribution in [3.8, 4) is 0 Å². The average molecular weight is 340 g/mol. The summed E-state index contributed by atoms with van der Waals surface area (Å²) in [5.74, 6) is 0. The third-order valence-corrected chi connectivity index (χ3v) is 3.26. The quantitative estimate of drug-likeness (QED) is 0.172. The monoisotopic (exact) mass is 340 g/mol. The molecule has 80 valence electrons. The average Bonchev–Trinajstić information content (AvgIpc) is 2.02. The fourth-order valence-corrected chi connectivity index (χ4v) is 1.71. The van der Waals surface area contributed by atoms with E-state index in [2.05, 4.69) is 0 Å². The van der Waals surface area contributed by atoms with E-state index in [0.29, 0.717) is 15.2 Å². The van der Waals surface area contributed by atoms with Gasteiger partial charge in [-0.15, -0.1) is 0 Å². The molecule has 0 fully saturated rings. The molecule has 8 heteroatoms. The number of alkyl halides is 1. The van der Waals surface area contributed by atoms with E-state index in [9.17, 15) is 21.5 Å². The summed E-state index contributed by atoms with van der Waals surface area (Å²) >= 11 is 2.53. The Balaban J connectivity index is 0.000000292. The Bertz CT molecular complexity index is 289. The number of rotatable bonds is 0. The molecule has 0 radical (unpaired) electrons. The first-order chi connectivity index (χ1) is 6.34. The highest BCUT2D eigenvalue weighted by atomic mass is 127. The van der Waals surface area contributed by atoms with E-state index in [0.717, 1.165) is 4.86 Å². The third-order valence-electron chi connectivity index (χ3n) is 1.03. The second-order valence-corrected chi connectivity index (χ2v) is 4.23. The fourth-order valence-electron chi connectivity index (χ4n) is 0.580. The van der Waals surface area contributed by atoms with Crippen molar-refractivity contribution in [3.05, 3.63) is 24.3 Å². The van der Waals surface area contributed by atoms with Crippen LogP contribution in [-0.2, 0) is 11.3 Å². The normalized spacial score (nSPS) is 20.1. The van der Waals surface area contributed by atoms with Crippen LogP contribution in [0.3, 0.4) is 0 Å². The smallest absolute Gasteiger partial charge is 0.418 e. The lowest BCUT2D eigenvalue weighted by molar-refractivity contribution is -0.378. The van der Waals surface area contributed by atoms with Gasteiger partial charge < -0.3 is 17.3 Å². The highest BCUT2D eigenvalue weighted by Crippen LogP contribution is 2.06. The molecular weight excluding hydrogens is 334 g/mol. The van der Waals surface area contributed by atoms with Gasteiger partial charge in [0.2, 0.25) is 3.92 Å². The van der Waals surface area contributed by atoms with Gasteiger partial charge in [-0.2, -0.15) is 0 Å². The van der Waals surface area contributed by atoms with E-state index in [4.69, 9.17) is 0 Å². The van der Waals surface area contributed by atoms with Crippen molar-refractivity contribution in [1.82, 2.24) is 0 Å². The Hall–Kier alpha value is -0.115. The molecule has 0 N–H and O–H groups in total. The second-order valence-electron chi connectivity index (χ2n) is 2.15. The summed E-state index contributed by atoms with van der Waals surface area (Å²) < 4.78 is 49.6. The van der Waals surface area contributed by atoms with Crippen LogP contribution in [0.5, 0.6) is 0 Å². The summed E-state index contributed by atoms with van der Waals surface area (Å²) in [6.07, 6.45) is 7.74. The lowest BCUT2D eigenvalue weighted by atomic mass is 10.2. The summed E-state index contributed by atoms with van der Waals surface area (Å²) in [4.78, 5) is 0.905. The SMILES string of the molecule is F[B-](F)(F)F.O=S=C1C=CC=CC1[IH+]. The van der Waals surface area contributed by atoms with Crippen LogP contribution in [0.1, 0.15) is 0 Å². The number of allylic oxidation sites excluding steroid dienone is 4. The summed E-state index contributed by atoms with van der Waals surface area (Å²) in [5, 5.41) is 0. The number of hydrogen-bond donors (Lipinski definition) is 0. The Labute approximate surface area is 95.6 Å². The van der Waals surface area contributed by atoms with Gasteiger partial charge in [-0.3, -0.25) is 0 Å². The Morgan fingerprint density at radius 3 is 2.07 bits per heavy atom. The van der Waals surface area contributed by atoms with E-state index in [-0.39, 0.29) is 0 Å². The van der Waals surface area contributed by atoms with Crippen molar-refractivity contribution in [1.29, 1.82) is 0 Å². The highest BCUT2D eigenvalue weighted by Gasteiger charge is 2.20. The van der Waals surface area contributed by atoms with Crippen LogP contribution in [-0.4, -0.2) is 20.3 Å². The van der Waals surface area contributed by atoms with Gasteiger partial charge in [0.15, 0.2) is 0 Å². The molecule has 0 aliphatic heterocycles. The fraction of sp³-hybridized carbons (Fsp3) is 0.167. The maximum Gasteiger partial charge on any atom is 0.673 e. The Morgan fingerprint density at radius 2 is 1.79 bits per heavy atom. The van der Waals surface area contributed by atoms with Gasteiger partial charge in [0.25, 0.3) is 22.6 Å². The van der Waals surface area contributed by atoms with Crippen molar-refractivity contribution in [2.75, 3.05) is 0 Å². The third kappa shape index (κ3) is 8.48. The minimum Gasteiger partial charge on any atom is -0.418 e. The van der Waals surface area contributed by atoms with Crippen LogP contribution in [0.2, 0.25) is 0 Å². The molecular formula is C6H6BF4IOS. The summed E-state index contributed by atoms with van der Waals surface area (Å²) in [7, 11) is -6.00. The van der Waals surface area contributed by atoms with Crippen LogP contribution < -0.4 is 22.6 Å². The van der Waals surface area contributed by atoms with Crippen molar-refractivity contribution in [3.63, 3.8) is 0 Å². The predicted molar refractivity (Wildman–Crippen MR) is 46.8 cm³/mol. The first-order valence-electron chi connectivity index (χ1n) is 3.39. The maximum absolute atomic E-state index is 10.3. The molecule has 0 saturated heterocycles. The first-order valence-corrected chi connectivity index (χ1v) is 5.48. The molecule has 1 rings (SSSR count). The van der Waals surface area contributed by atoms with Gasteiger partial charge in [-0.1, -0.05) is 12.2 Å². The summed E-state index contributed by atoms with van der Waals surface area (Å²) in [6, 6.07) is 0.